The van der Waals surface area contributed by atoms with Crippen LogP contribution in [0.25, 0.3) is 0 Å². The number of nitrogens with two attached hydrogens (primary N) is 1. The van der Waals surface area contributed by atoms with Crippen molar-refractivity contribution < 1.29 is 4.39 Å². The first-order chi connectivity index (χ1) is 9.97. The molecule has 2 rings (SSSR count). The van der Waals surface area contributed by atoms with Gasteiger partial charge < -0.3 is 0 Å². The van der Waals surface area contributed by atoms with Crippen LogP contribution >= 0.6 is 27.5 Å². The fourth-order valence-electron chi connectivity index (χ4n) is 2.28. The molecule has 4 nitrogen and oxygen atoms in total. The Morgan fingerprint density at radius 1 is 1.52 bits per heavy atom. The zero-order valence-electron chi connectivity index (χ0n) is 11.8. The number of benzene rings is 1. The van der Waals surface area contributed by atoms with E-state index in [1.807, 2.05) is 14.0 Å². The third-order valence-electron chi connectivity index (χ3n) is 3.44. The number of hydrogen-bond acceptors (Lipinski definition) is 3. The summed E-state index contributed by atoms with van der Waals surface area (Å²) in [6.07, 6.45) is 1.34. The predicted molar refractivity (Wildman–Crippen MR) is 85.5 cm³/mol. The van der Waals surface area contributed by atoms with E-state index in [0.29, 0.717) is 17.0 Å². The van der Waals surface area contributed by atoms with Crippen LogP contribution in [0.15, 0.2) is 22.7 Å². The van der Waals surface area contributed by atoms with E-state index in [9.17, 15) is 4.39 Å². The molecule has 2 aromatic rings. The normalized spacial score (nSPS) is 12.7. The van der Waals surface area contributed by atoms with Crippen molar-refractivity contribution in [2.75, 3.05) is 0 Å². The Morgan fingerprint density at radius 2 is 2.24 bits per heavy atom. The number of nitrogens with zero attached hydrogens (tertiary/aromatic N) is 2. The van der Waals surface area contributed by atoms with Gasteiger partial charge in [0.15, 0.2) is 0 Å². The summed E-state index contributed by atoms with van der Waals surface area (Å²) in [5.41, 5.74) is 5.08. The second-order valence-corrected chi connectivity index (χ2v) is 6.00. The Morgan fingerprint density at radius 3 is 2.76 bits per heavy atom. The smallest absolute Gasteiger partial charge is 0.129 e. The maximum Gasteiger partial charge on any atom is 0.129 e. The second kappa shape index (κ2) is 6.87. The van der Waals surface area contributed by atoms with Gasteiger partial charge >= 0.3 is 0 Å². The van der Waals surface area contributed by atoms with Crippen molar-refractivity contribution in [1.29, 1.82) is 0 Å². The highest BCUT2D eigenvalue weighted by atomic mass is 79.9. The number of nitrogens with one attached hydrogen (secondary N) is 1. The van der Waals surface area contributed by atoms with Gasteiger partial charge in [-0.05, 0) is 34.5 Å². The van der Waals surface area contributed by atoms with Gasteiger partial charge in [-0.2, -0.15) is 5.10 Å². The lowest BCUT2D eigenvalue weighted by Crippen LogP contribution is -2.31. The van der Waals surface area contributed by atoms with Gasteiger partial charge in [0.1, 0.15) is 5.82 Å². The molecule has 0 aliphatic rings. The van der Waals surface area contributed by atoms with Crippen molar-refractivity contribution >= 4 is 27.5 Å². The van der Waals surface area contributed by atoms with E-state index < -0.39 is 0 Å². The number of rotatable bonds is 5. The highest BCUT2D eigenvalue weighted by Gasteiger charge is 2.20. The lowest BCUT2D eigenvalue weighted by Gasteiger charge is -2.17. The Labute approximate surface area is 136 Å². The molecule has 0 fully saturated rings. The van der Waals surface area contributed by atoms with Crippen molar-refractivity contribution in [3.63, 3.8) is 0 Å². The molecule has 21 heavy (non-hydrogen) atoms. The summed E-state index contributed by atoms with van der Waals surface area (Å²) in [6, 6.07) is 4.23. The molecular formula is C14H17BrClFN4. The van der Waals surface area contributed by atoms with Crippen LogP contribution in [0.2, 0.25) is 5.02 Å². The van der Waals surface area contributed by atoms with E-state index in [4.69, 9.17) is 17.4 Å². The van der Waals surface area contributed by atoms with Crippen molar-refractivity contribution in [1.82, 2.24) is 15.2 Å². The maximum absolute atomic E-state index is 14.0. The molecule has 1 atom stereocenters. The average molecular weight is 376 g/mol. The first-order valence-corrected chi connectivity index (χ1v) is 7.76. The number of halogens is 3. The Bertz CT molecular complexity index is 644. The zero-order valence-corrected chi connectivity index (χ0v) is 14.2. The topological polar surface area (TPSA) is 55.9 Å². The Hall–Kier alpha value is -0.950. The molecule has 1 aromatic heterocycles. The maximum atomic E-state index is 14.0. The summed E-state index contributed by atoms with van der Waals surface area (Å²) in [6.45, 7) is 2.04. The van der Waals surface area contributed by atoms with Crippen molar-refractivity contribution in [3.8, 4) is 0 Å². The highest BCUT2D eigenvalue weighted by Crippen LogP contribution is 2.28. The van der Waals surface area contributed by atoms with E-state index in [1.54, 1.807) is 16.8 Å². The molecule has 0 radical (unpaired) electrons. The second-order valence-electron chi connectivity index (χ2n) is 4.77. The van der Waals surface area contributed by atoms with Gasteiger partial charge in [0.05, 0.1) is 21.9 Å². The van der Waals surface area contributed by atoms with E-state index in [1.165, 1.54) is 6.07 Å². The number of hydrazine groups is 1. The first-order valence-electron chi connectivity index (χ1n) is 6.59. The lowest BCUT2D eigenvalue weighted by molar-refractivity contribution is 0.496. The van der Waals surface area contributed by atoms with Gasteiger partial charge in [-0.1, -0.05) is 24.6 Å². The first kappa shape index (κ1) is 16.4. The van der Waals surface area contributed by atoms with Crippen LogP contribution < -0.4 is 11.3 Å². The minimum absolute atomic E-state index is 0.362. The quantitative estimate of drug-likeness (QED) is 0.623. The molecular weight excluding hydrogens is 359 g/mol. The van der Waals surface area contributed by atoms with Crippen LogP contribution in [0.1, 0.15) is 29.9 Å². The molecule has 0 aliphatic carbocycles. The number of aromatic nitrogens is 2. The van der Waals surface area contributed by atoms with Crippen LogP contribution in [0, 0.1) is 5.82 Å². The number of hydrogen-bond donors (Lipinski definition) is 2. The summed E-state index contributed by atoms with van der Waals surface area (Å²) >= 11 is 9.34. The van der Waals surface area contributed by atoms with E-state index in [2.05, 4.69) is 26.5 Å². The summed E-state index contributed by atoms with van der Waals surface area (Å²) in [7, 11) is 1.87. The summed E-state index contributed by atoms with van der Waals surface area (Å²) in [5.74, 6) is 5.23. The monoisotopic (exact) mass is 374 g/mol. The zero-order chi connectivity index (χ0) is 15.6. The molecule has 0 aliphatic heterocycles. The van der Waals surface area contributed by atoms with E-state index in [0.717, 1.165) is 22.3 Å². The van der Waals surface area contributed by atoms with Crippen molar-refractivity contribution in [2.45, 2.75) is 25.8 Å². The van der Waals surface area contributed by atoms with Gasteiger partial charge in [-0.3, -0.25) is 16.0 Å². The third kappa shape index (κ3) is 3.45. The lowest BCUT2D eigenvalue weighted by atomic mass is 10.0. The fourth-order valence-corrected chi connectivity index (χ4v) is 3.21. The molecule has 1 unspecified atom stereocenters. The molecule has 1 heterocycles. The predicted octanol–water partition coefficient (Wildman–Crippen LogP) is 3.28. The molecule has 0 saturated heterocycles. The van der Waals surface area contributed by atoms with Crippen LogP contribution in [0.4, 0.5) is 4.39 Å². The van der Waals surface area contributed by atoms with Gasteiger partial charge in [-0.15, -0.1) is 0 Å². The van der Waals surface area contributed by atoms with Crippen LogP contribution in [-0.4, -0.2) is 9.78 Å². The Balaban J connectivity index is 2.33. The van der Waals surface area contributed by atoms with Crippen molar-refractivity contribution in [3.05, 3.63) is 50.5 Å². The van der Waals surface area contributed by atoms with Crippen LogP contribution in [0.3, 0.4) is 0 Å². The van der Waals surface area contributed by atoms with E-state index in [-0.39, 0.29) is 11.9 Å². The standard InChI is InChI=1S/C14H17BrClFN4/c1-3-11-14(15)13(21(2)20-11)7-12(19-18)9-5-4-8(16)6-10(9)17/h4-6,12,19H,3,7,18H2,1-2H3. The average Bonchev–Trinajstić information content (AvgIpc) is 2.72. The SMILES string of the molecule is CCc1nn(C)c(CC(NN)c2ccc(Cl)cc2F)c1Br. The molecule has 0 amide bonds. The summed E-state index contributed by atoms with van der Waals surface area (Å²) in [4.78, 5) is 0. The van der Waals surface area contributed by atoms with Crippen LogP contribution in [-0.2, 0) is 19.9 Å². The largest absolute Gasteiger partial charge is 0.271 e. The van der Waals surface area contributed by atoms with Crippen LogP contribution in [0.5, 0.6) is 0 Å². The molecule has 0 saturated carbocycles. The van der Waals surface area contributed by atoms with Crippen molar-refractivity contribution in [2.24, 2.45) is 12.9 Å². The molecule has 1 aromatic carbocycles. The van der Waals surface area contributed by atoms with Gasteiger partial charge in [0, 0.05) is 24.1 Å². The molecule has 114 valence electrons. The third-order valence-corrected chi connectivity index (χ3v) is 4.59. The highest BCUT2D eigenvalue weighted by molar-refractivity contribution is 9.10. The molecule has 7 heteroatoms. The minimum atomic E-state index is -0.376. The fraction of sp³-hybridized carbons (Fsp3) is 0.357. The number of aryl methyl sites for hydroxylation is 2. The van der Waals surface area contributed by atoms with E-state index >= 15 is 0 Å². The van der Waals surface area contributed by atoms with Gasteiger partial charge in [0.25, 0.3) is 0 Å². The summed E-state index contributed by atoms with van der Waals surface area (Å²) < 4.78 is 16.8. The molecule has 0 spiro atoms. The Kier molecular flexibility index (Phi) is 5.37. The van der Waals surface area contributed by atoms with Gasteiger partial charge in [-0.25, -0.2) is 4.39 Å². The summed E-state index contributed by atoms with van der Waals surface area (Å²) in [5, 5.41) is 4.80. The van der Waals surface area contributed by atoms with Gasteiger partial charge in [0.2, 0.25) is 0 Å². The minimum Gasteiger partial charge on any atom is -0.271 e. The molecule has 0 bridgehead atoms. The molecule has 3 N–H and O–H groups in total.